The molecule has 0 unspecified atom stereocenters. The third kappa shape index (κ3) is 1.13. The van der Waals surface area contributed by atoms with Gasteiger partial charge in [-0.2, -0.15) is 0 Å². The van der Waals surface area contributed by atoms with Crippen LogP contribution in [0.15, 0.2) is 18.2 Å². The number of fused-ring (bicyclic) bond motifs is 1. The first-order chi connectivity index (χ1) is 6.22. The Hall–Kier alpha value is -1.64. The number of nitrogens with one attached hydrogen (secondary N) is 1. The molecule has 13 heavy (non-hydrogen) atoms. The van der Waals surface area contributed by atoms with Gasteiger partial charge in [0, 0.05) is 10.9 Å². The zero-order chi connectivity index (χ0) is 9.42. The molecule has 0 aliphatic heterocycles. The average molecular weight is 177 g/mol. The first-order valence-corrected chi connectivity index (χ1v) is 4.07. The second-order valence-corrected chi connectivity index (χ2v) is 3.01. The van der Waals surface area contributed by atoms with Crippen molar-refractivity contribution in [1.82, 2.24) is 4.98 Å². The standard InChI is InChI=1S/C10H11NO2/c1-6-10(13-2)8-5-7(12)3-4-9(8)11-6/h3-5,11-12H,1-2H3. The Kier molecular flexibility index (Phi) is 1.65. The molecule has 3 heteroatoms. The summed E-state index contributed by atoms with van der Waals surface area (Å²) in [6.45, 7) is 1.94. The number of phenols is 1. The van der Waals surface area contributed by atoms with Crippen molar-refractivity contribution < 1.29 is 9.84 Å². The van der Waals surface area contributed by atoms with Crippen LogP contribution in [0.25, 0.3) is 10.9 Å². The normalized spacial score (nSPS) is 10.6. The van der Waals surface area contributed by atoms with Crippen LogP contribution in [0.1, 0.15) is 5.69 Å². The van der Waals surface area contributed by atoms with Crippen molar-refractivity contribution in [2.75, 3.05) is 7.11 Å². The van der Waals surface area contributed by atoms with E-state index < -0.39 is 0 Å². The maximum absolute atomic E-state index is 9.29. The van der Waals surface area contributed by atoms with E-state index in [9.17, 15) is 5.11 Å². The van der Waals surface area contributed by atoms with E-state index in [1.807, 2.05) is 13.0 Å². The third-order valence-electron chi connectivity index (χ3n) is 2.11. The molecule has 0 radical (unpaired) electrons. The van der Waals surface area contributed by atoms with Crippen molar-refractivity contribution in [3.63, 3.8) is 0 Å². The van der Waals surface area contributed by atoms with Crippen LogP contribution in [-0.2, 0) is 0 Å². The number of rotatable bonds is 1. The van der Waals surface area contributed by atoms with Crippen molar-refractivity contribution in [2.24, 2.45) is 0 Å². The zero-order valence-electron chi connectivity index (χ0n) is 7.59. The van der Waals surface area contributed by atoms with Crippen LogP contribution in [0.5, 0.6) is 11.5 Å². The summed E-state index contributed by atoms with van der Waals surface area (Å²) in [5.41, 5.74) is 1.95. The molecule has 0 saturated carbocycles. The summed E-state index contributed by atoms with van der Waals surface area (Å²) in [5.74, 6) is 1.05. The minimum atomic E-state index is 0.254. The molecule has 0 aliphatic rings. The maximum Gasteiger partial charge on any atom is 0.147 e. The number of hydrogen-bond acceptors (Lipinski definition) is 2. The second kappa shape index (κ2) is 2.69. The summed E-state index contributed by atoms with van der Waals surface area (Å²) in [7, 11) is 1.62. The summed E-state index contributed by atoms with van der Waals surface area (Å²) in [5, 5.41) is 10.2. The number of aromatic amines is 1. The predicted octanol–water partition coefficient (Wildman–Crippen LogP) is 2.19. The lowest BCUT2D eigenvalue weighted by Crippen LogP contribution is -1.82. The highest BCUT2D eigenvalue weighted by molar-refractivity contribution is 5.88. The Morgan fingerprint density at radius 1 is 1.38 bits per heavy atom. The molecule has 0 spiro atoms. The van der Waals surface area contributed by atoms with Crippen LogP contribution < -0.4 is 4.74 Å². The van der Waals surface area contributed by atoms with E-state index in [2.05, 4.69) is 4.98 Å². The molecule has 0 amide bonds. The van der Waals surface area contributed by atoms with E-state index >= 15 is 0 Å². The van der Waals surface area contributed by atoms with E-state index in [1.165, 1.54) is 0 Å². The average Bonchev–Trinajstić information content (AvgIpc) is 2.40. The number of phenolic OH excluding ortho intramolecular Hbond substituents is 1. The number of aryl methyl sites for hydroxylation is 1. The Morgan fingerprint density at radius 2 is 2.15 bits per heavy atom. The third-order valence-corrected chi connectivity index (χ3v) is 2.11. The number of ether oxygens (including phenoxy) is 1. The minimum absolute atomic E-state index is 0.254. The monoisotopic (exact) mass is 177 g/mol. The molecule has 68 valence electrons. The first-order valence-electron chi connectivity index (χ1n) is 4.07. The molecule has 2 rings (SSSR count). The maximum atomic E-state index is 9.29. The fraction of sp³-hybridized carbons (Fsp3) is 0.200. The van der Waals surface area contributed by atoms with Gasteiger partial charge in [0.25, 0.3) is 0 Å². The van der Waals surface area contributed by atoms with Gasteiger partial charge in [-0.3, -0.25) is 0 Å². The summed E-state index contributed by atoms with van der Waals surface area (Å²) in [6.07, 6.45) is 0. The van der Waals surface area contributed by atoms with Crippen molar-refractivity contribution in [1.29, 1.82) is 0 Å². The Labute approximate surface area is 76.0 Å². The molecule has 0 fully saturated rings. The topological polar surface area (TPSA) is 45.2 Å². The molecule has 3 nitrogen and oxygen atoms in total. The highest BCUT2D eigenvalue weighted by Crippen LogP contribution is 2.31. The molecule has 2 aromatic rings. The van der Waals surface area contributed by atoms with Crippen LogP contribution in [0.2, 0.25) is 0 Å². The van der Waals surface area contributed by atoms with Crippen LogP contribution in [-0.4, -0.2) is 17.2 Å². The van der Waals surface area contributed by atoms with Gasteiger partial charge in [0.15, 0.2) is 0 Å². The van der Waals surface area contributed by atoms with Gasteiger partial charge >= 0.3 is 0 Å². The lowest BCUT2D eigenvalue weighted by atomic mass is 10.2. The Morgan fingerprint density at radius 3 is 2.85 bits per heavy atom. The minimum Gasteiger partial charge on any atom is -0.508 e. The highest BCUT2D eigenvalue weighted by atomic mass is 16.5. The quantitative estimate of drug-likeness (QED) is 0.701. The lowest BCUT2D eigenvalue weighted by Gasteiger charge is -1.98. The van der Waals surface area contributed by atoms with Gasteiger partial charge in [-0.15, -0.1) is 0 Å². The number of aromatic nitrogens is 1. The first kappa shape index (κ1) is 7.98. The van der Waals surface area contributed by atoms with Crippen LogP contribution in [0.4, 0.5) is 0 Å². The molecular formula is C10H11NO2. The van der Waals surface area contributed by atoms with Gasteiger partial charge in [0.2, 0.25) is 0 Å². The van der Waals surface area contributed by atoms with E-state index in [1.54, 1.807) is 19.2 Å². The molecule has 1 aromatic carbocycles. The Balaban J connectivity index is 2.80. The highest BCUT2D eigenvalue weighted by Gasteiger charge is 2.08. The zero-order valence-corrected chi connectivity index (χ0v) is 7.59. The van der Waals surface area contributed by atoms with E-state index in [4.69, 9.17) is 4.74 Å². The van der Waals surface area contributed by atoms with Gasteiger partial charge in [-0.05, 0) is 25.1 Å². The summed E-state index contributed by atoms with van der Waals surface area (Å²) < 4.78 is 5.21. The van der Waals surface area contributed by atoms with Crippen molar-refractivity contribution >= 4 is 10.9 Å². The summed E-state index contributed by atoms with van der Waals surface area (Å²) >= 11 is 0. The number of benzene rings is 1. The van der Waals surface area contributed by atoms with Gasteiger partial charge in [-0.25, -0.2) is 0 Å². The smallest absolute Gasteiger partial charge is 0.147 e. The van der Waals surface area contributed by atoms with Crippen LogP contribution in [0, 0.1) is 6.92 Å². The van der Waals surface area contributed by atoms with E-state index in [0.29, 0.717) is 0 Å². The van der Waals surface area contributed by atoms with Crippen molar-refractivity contribution in [2.45, 2.75) is 6.92 Å². The van der Waals surface area contributed by atoms with Gasteiger partial charge in [0.1, 0.15) is 11.5 Å². The number of hydrogen-bond donors (Lipinski definition) is 2. The molecular weight excluding hydrogens is 166 g/mol. The fourth-order valence-corrected chi connectivity index (χ4v) is 1.55. The molecule has 0 aliphatic carbocycles. The van der Waals surface area contributed by atoms with E-state index in [-0.39, 0.29) is 5.75 Å². The van der Waals surface area contributed by atoms with Crippen LogP contribution >= 0.6 is 0 Å². The number of methoxy groups -OCH3 is 1. The molecule has 2 N–H and O–H groups in total. The molecule has 0 saturated heterocycles. The van der Waals surface area contributed by atoms with Crippen molar-refractivity contribution in [3.8, 4) is 11.5 Å². The fourth-order valence-electron chi connectivity index (χ4n) is 1.55. The van der Waals surface area contributed by atoms with Gasteiger partial charge in [0.05, 0.1) is 12.8 Å². The van der Waals surface area contributed by atoms with Crippen LogP contribution in [0.3, 0.4) is 0 Å². The molecule has 1 heterocycles. The Bertz CT molecular complexity index is 445. The van der Waals surface area contributed by atoms with Gasteiger partial charge < -0.3 is 14.8 Å². The molecule has 0 bridgehead atoms. The summed E-state index contributed by atoms with van der Waals surface area (Å²) in [4.78, 5) is 3.17. The number of aromatic hydroxyl groups is 1. The second-order valence-electron chi connectivity index (χ2n) is 3.01. The SMILES string of the molecule is COc1c(C)[nH]c2ccc(O)cc12. The number of H-pyrrole nitrogens is 1. The largest absolute Gasteiger partial charge is 0.508 e. The summed E-state index contributed by atoms with van der Waals surface area (Å²) in [6, 6.07) is 5.18. The predicted molar refractivity (Wildman–Crippen MR) is 51.3 cm³/mol. The molecule has 1 aromatic heterocycles. The van der Waals surface area contributed by atoms with Gasteiger partial charge in [-0.1, -0.05) is 0 Å². The lowest BCUT2D eigenvalue weighted by molar-refractivity contribution is 0.416. The van der Waals surface area contributed by atoms with Crippen molar-refractivity contribution in [3.05, 3.63) is 23.9 Å². The molecule has 0 atom stereocenters. The van der Waals surface area contributed by atoms with E-state index in [0.717, 1.165) is 22.3 Å².